The van der Waals surface area contributed by atoms with Crippen LogP contribution in [0, 0.1) is 10.1 Å². The van der Waals surface area contributed by atoms with E-state index in [1.165, 1.54) is 6.07 Å². The van der Waals surface area contributed by atoms with E-state index in [0.29, 0.717) is 12.2 Å². The van der Waals surface area contributed by atoms with E-state index in [9.17, 15) is 10.1 Å². The molecular weight excluding hydrogens is 244 g/mol. The van der Waals surface area contributed by atoms with Crippen LogP contribution < -0.4 is 5.32 Å². The van der Waals surface area contributed by atoms with Gasteiger partial charge in [0.1, 0.15) is 5.69 Å². The molecule has 1 aromatic carbocycles. The first-order valence-corrected chi connectivity index (χ1v) is 6.21. The Labute approximate surface area is 111 Å². The van der Waals surface area contributed by atoms with Gasteiger partial charge in [-0.3, -0.25) is 10.1 Å². The molecule has 1 aromatic heterocycles. The van der Waals surface area contributed by atoms with Crippen molar-refractivity contribution in [3.63, 3.8) is 0 Å². The van der Waals surface area contributed by atoms with Crippen molar-refractivity contribution in [2.45, 2.75) is 19.9 Å². The Hall–Kier alpha value is -2.21. The van der Waals surface area contributed by atoms with Crippen LogP contribution in [0.2, 0.25) is 0 Å². The van der Waals surface area contributed by atoms with E-state index in [1.54, 1.807) is 29.1 Å². The maximum absolute atomic E-state index is 11.0. The van der Waals surface area contributed by atoms with E-state index in [1.807, 2.05) is 6.07 Å². The average Bonchev–Trinajstić information content (AvgIpc) is 2.88. The summed E-state index contributed by atoms with van der Waals surface area (Å²) in [4.78, 5) is 10.6. The quantitative estimate of drug-likeness (QED) is 0.491. The Kier molecular flexibility index (Phi) is 4.25. The van der Waals surface area contributed by atoms with Gasteiger partial charge in [-0.05, 0) is 25.1 Å². The minimum atomic E-state index is -0.397. The van der Waals surface area contributed by atoms with Gasteiger partial charge >= 0.3 is 0 Å². The second kappa shape index (κ2) is 6.10. The third-order valence-corrected chi connectivity index (χ3v) is 2.70. The molecule has 19 heavy (non-hydrogen) atoms. The van der Waals surface area contributed by atoms with Crippen molar-refractivity contribution in [2.24, 2.45) is 0 Å². The van der Waals surface area contributed by atoms with E-state index in [0.717, 1.165) is 18.7 Å². The summed E-state index contributed by atoms with van der Waals surface area (Å²) in [6.07, 6.45) is 2.80. The Morgan fingerprint density at radius 1 is 1.37 bits per heavy atom. The first-order chi connectivity index (χ1) is 9.22. The van der Waals surface area contributed by atoms with Crippen LogP contribution in [0.3, 0.4) is 0 Å². The number of nitrogens with zero attached hydrogens (tertiary/aromatic N) is 3. The topological polar surface area (TPSA) is 73.0 Å². The Morgan fingerprint density at radius 3 is 2.89 bits per heavy atom. The van der Waals surface area contributed by atoms with Gasteiger partial charge in [0, 0.05) is 18.8 Å². The number of hydrogen-bond donors (Lipinski definition) is 1. The first kappa shape index (κ1) is 13.2. The van der Waals surface area contributed by atoms with Crippen molar-refractivity contribution in [3.8, 4) is 5.69 Å². The lowest BCUT2D eigenvalue weighted by molar-refractivity contribution is -0.384. The van der Waals surface area contributed by atoms with Crippen molar-refractivity contribution in [3.05, 3.63) is 52.3 Å². The molecule has 100 valence electrons. The average molecular weight is 260 g/mol. The van der Waals surface area contributed by atoms with E-state index in [4.69, 9.17) is 0 Å². The molecule has 0 radical (unpaired) electrons. The maximum Gasteiger partial charge on any atom is 0.294 e. The molecular formula is C13H16N4O2. The van der Waals surface area contributed by atoms with Crippen molar-refractivity contribution in [1.82, 2.24) is 15.1 Å². The molecule has 0 unspecified atom stereocenters. The summed E-state index contributed by atoms with van der Waals surface area (Å²) in [5.41, 5.74) is 1.40. The number of rotatable bonds is 6. The highest BCUT2D eigenvalue weighted by molar-refractivity contribution is 5.51. The predicted molar refractivity (Wildman–Crippen MR) is 72.2 cm³/mol. The van der Waals surface area contributed by atoms with Crippen LogP contribution in [0.25, 0.3) is 5.69 Å². The molecule has 1 N–H and O–H groups in total. The summed E-state index contributed by atoms with van der Waals surface area (Å²) in [6.45, 7) is 3.69. The molecule has 1 heterocycles. The van der Waals surface area contributed by atoms with Gasteiger partial charge in [-0.2, -0.15) is 5.10 Å². The number of aromatic nitrogens is 2. The molecule has 0 bridgehead atoms. The molecule has 6 heteroatoms. The molecule has 0 aliphatic carbocycles. The lowest BCUT2D eigenvalue weighted by Crippen LogP contribution is -2.14. The number of nitro benzene ring substituents is 1. The Bertz CT molecular complexity index is 565. The summed E-state index contributed by atoms with van der Waals surface area (Å²) in [5, 5.41) is 18.6. The van der Waals surface area contributed by atoms with E-state index >= 15 is 0 Å². The molecule has 0 fully saturated rings. The van der Waals surface area contributed by atoms with Gasteiger partial charge in [-0.1, -0.05) is 19.1 Å². The van der Waals surface area contributed by atoms with Crippen LogP contribution in [0.5, 0.6) is 0 Å². The third-order valence-electron chi connectivity index (χ3n) is 2.70. The molecule has 0 saturated heterocycles. The highest BCUT2D eigenvalue weighted by atomic mass is 16.6. The normalized spacial score (nSPS) is 10.6. The molecule has 6 nitrogen and oxygen atoms in total. The molecule has 2 aromatic rings. The fourth-order valence-corrected chi connectivity index (χ4v) is 1.80. The van der Waals surface area contributed by atoms with Gasteiger partial charge in [0.25, 0.3) is 5.69 Å². The van der Waals surface area contributed by atoms with Crippen LogP contribution in [0.15, 0.2) is 36.5 Å². The monoisotopic (exact) mass is 260 g/mol. The minimum Gasteiger partial charge on any atom is -0.311 e. The molecule has 2 rings (SSSR count). The van der Waals surface area contributed by atoms with Gasteiger partial charge in [0.05, 0.1) is 10.6 Å². The number of nitro groups is 1. The number of benzene rings is 1. The zero-order valence-corrected chi connectivity index (χ0v) is 10.7. The van der Waals surface area contributed by atoms with Gasteiger partial charge in [-0.25, -0.2) is 4.68 Å². The first-order valence-electron chi connectivity index (χ1n) is 6.21. The summed E-state index contributed by atoms with van der Waals surface area (Å²) in [5.74, 6) is 0. The smallest absolute Gasteiger partial charge is 0.294 e. The van der Waals surface area contributed by atoms with Crippen molar-refractivity contribution < 1.29 is 4.92 Å². The SMILES string of the molecule is CCCNCc1ccn(-c2ccccc2[N+](=O)[O-])n1. The highest BCUT2D eigenvalue weighted by Crippen LogP contribution is 2.21. The molecule has 0 aliphatic heterocycles. The molecule has 0 atom stereocenters. The summed E-state index contributed by atoms with van der Waals surface area (Å²) in [6, 6.07) is 8.44. The van der Waals surface area contributed by atoms with Crippen molar-refractivity contribution in [2.75, 3.05) is 6.54 Å². The van der Waals surface area contributed by atoms with Gasteiger partial charge < -0.3 is 5.32 Å². The summed E-state index contributed by atoms with van der Waals surface area (Å²) < 4.78 is 1.54. The summed E-state index contributed by atoms with van der Waals surface area (Å²) >= 11 is 0. The van der Waals surface area contributed by atoms with Crippen LogP contribution in [-0.2, 0) is 6.54 Å². The second-order valence-corrected chi connectivity index (χ2v) is 4.17. The van der Waals surface area contributed by atoms with Gasteiger partial charge in [-0.15, -0.1) is 0 Å². The number of para-hydroxylation sites is 2. The standard InChI is InChI=1S/C13H16N4O2/c1-2-8-14-10-11-7-9-16(15-11)12-5-3-4-6-13(12)17(18)19/h3-7,9,14H,2,8,10H2,1H3. The minimum absolute atomic E-state index is 0.0543. The van der Waals surface area contributed by atoms with Crippen LogP contribution in [0.1, 0.15) is 19.0 Å². The van der Waals surface area contributed by atoms with Crippen LogP contribution in [-0.4, -0.2) is 21.2 Å². The Morgan fingerprint density at radius 2 is 2.16 bits per heavy atom. The fourth-order valence-electron chi connectivity index (χ4n) is 1.80. The zero-order valence-electron chi connectivity index (χ0n) is 10.7. The van der Waals surface area contributed by atoms with Crippen LogP contribution >= 0.6 is 0 Å². The molecule has 0 spiro atoms. The molecule has 0 saturated carbocycles. The lowest BCUT2D eigenvalue weighted by atomic mass is 10.3. The van der Waals surface area contributed by atoms with Crippen molar-refractivity contribution in [1.29, 1.82) is 0 Å². The van der Waals surface area contributed by atoms with E-state index < -0.39 is 4.92 Å². The third kappa shape index (κ3) is 3.17. The Balaban J connectivity index is 2.21. The highest BCUT2D eigenvalue weighted by Gasteiger charge is 2.14. The van der Waals surface area contributed by atoms with Crippen molar-refractivity contribution >= 4 is 5.69 Å². The summed E-state index contributed by atoms with van der Waals surface area (Å²) in [7, 11) is 0. The molecule has 0 amide bonds. The predicted octanol–water partition coefficient (Wildman–Crippen LogP) is 2.28. The van der Waals surface area contributed by atoms with Gasteiger partial charge in [0.15, 0.2) is 0 Å². The fraction of sp³-hybridized carbons (Fsp3) is 0.308. The number of hydrogen-bond acceptors (Lipinski definition) is 4. The molecule has 0 aliphatic rings. The van der Waals surface area contributed by atoms with Crippen LogP contribution in [0.4, 0.5) is 5.69 Å². The number of nitrogens with one attached hydrogen (secondary N) is 1. The zero-order chi connectivity index (χ0) is 13.7. The van der Waals surface area contributed by atoms with E-state index in [2.05, 4.69) is 17.3 Å². The van der Waals surface area contributed by atoms with E-state index in [-0.39, 0.29) is 5.69 Å². The van der Waals surface area contributed by atoms with Gasteiger partial charge in [0.2, 0.25) is 0 Å². The maximum atomic E-state index is 11.0. The lowest BCUT2D eigenvalue weighted by Gasteiger charge is -2.02. The second-order valence-electron chi connectivity index (χ2n) is 4.17. The largest absolute Gasteiger partial charge is 0.311 e.